The maximum absolute atomic E-state index is 2.76. The Bertz CT molecular complexity index is 201. The molecule has 1 atom stereocenters. The minimum atomic E-state index is 0.478. The summed E-state index contributed by atoms with van der Waals surface area (Å²) in [5.41, 5.74) is 0.478. The highest BCUT2D eigenvalue weighted by Crippen LogP contribution is 2.37. The van der Waals surface area contributed by atoms with Gasteiger partial charge in [0.05, 0.1) is 0 Å². The molecule has 2 aliphatic rings. The van der Waals surface area contributed by atoms with Gasteiger partial charge in [0, 0.05) is 6.04 Å². The summed E-state index contributed by atoms with van der Waals surface area (Å²) in [6, 6.07) is 0.873. The Hall–Kier alpha value is -0.0400. The third-order valence-corrected chi connectivity index (χ3v) is 4.29. The number of rotatable bonds is 1. The Kier molecular flexibility index (Phi) is 3.39. The minimum absolute atomic E-state index is 0.478. The molecule has 1 radical (unpaired) electrons. The second-order valence-electron chi connectivity index (χ2n) is 6.35. The van der Waals surface area contributed by atoms with Gasteiger partial charge in [-0.2, -0.15) is 0 Å². The lowest BCUT2D eigenvalue weighted by Crippen LogP contribution is -2.45. The molecule has 2 rings (SSSR count). The van der Waals surface area contributed by atoms with Gasteiger partial charge in [0.25, 0.3) is 0 Å². The van der Waals surface area contributed by atoms with Crippen LogP contribution >= 0.6 is 0 Å². The molecule has 0 bridgehead atoms. The van der Waals surface area contributed by atoms with Crippen molar-refractivity contribution >= 4 is 0 Å². The SMILES string of the molecule is CC1CCN(C2CC[CH]C(C)(C)C2)CC1. The Morgan fingerprint density at radius 2 is 1.80 bits per heavy atom. The van der Waals surface area contributed by atoms with E-state index in [4.69, 9.17) is 0 Å². The smallest absolute Gasteiger partial charge is 0.0101 e. The van der Waals surface area contributed by atoms with E-state index in [1.165, 1.54) is 45.2 Å². The second kappa shape index (κ2) is 4.45. The first-order valence-electron chi connectivity index (χ1n) is 6.65. The maximum atomic E-state index is 2.76. The van der Waals surface area contributed by atoms with Crippen LogP contribution in [0.4, 0.5) is 0 Å². The molecule has 0 amide bonds. The summed E-state index contributed by atoms with van der Waals surface area (Å²) in [5, 5.41) is 0. The predicted molar refractivity (Wildman–Crippen MR) is 65.7 cm³/mol. The molecular weight excluding hydrogens is 182 g/mol. The quantitative estimate of drug-likeness (QED) is 0.637. The third-order valence-electron chi connectivity index (χ3n) is 4.29. The van der Waals surface area contributed by atoms with Gasteiger partial charge in [-0.05, 0) is 62.9 Å². The molecule has 1 aliphatic heterocycles. The molecule has 1 saturated carbocycles. The zero-order chi connectivity index (χ0) is 10.9. The van der Waals surface area contributed by atoms with Gasteiger partial charge < -0.3 is 4.90 Å². The summed E-state index contributed by atoms with van der Waals surface area (Å²) in [7, 11) is 0. The first-order chi connectivity index (χ1) is 7.07. The van der Waals surface area contributed by atoms with E-state index < -0.39 is 0 Å². The molecule has 1 aliphatic carbocycles. The molecule has 0 aromatic heterocycles. The van der Waals surface area contributed by atoms with E-state index in [2.05, 4.69) is 32.1 Å². The van der Waals surface area contributed by atoms with Gasteiger partial charge in [-0.1, -0.05) is 20.8 Å². The molecule has 15 heavy (non-hydrogen) atoms. The van der Waals surface area contributed by atoms with Crippen LogP contribution in [-0.4, -0.2) is 24.0 Å². The van der Waals surface area contributed by atoms with Crippen LogP contribution in [0.5, 0.6) is 0 Å². The average Bonchev–Trinajstić information content (AvgIpc) is 2.17. The normalized spacial score (nSPS) is 34.2. The van der Waals surface area contributed by atoms with Crippen LogP contribution in [0.25, 0.3) is 0 Å². The van der Waals surface area contributed by atoms with Gasteiger partial charge in [0.1, 0.15) is 0 Å². The van der Waals surface area contributed by atoms with Crippen molar-refractivity contribution in [1.29, 1.82) is 0 Å². The topological polar surface area (TPSA) is 3.24 Å². The molecular formula is C14H26N. The summed E-state index contributed by atoms with van der Waals surface area (Å²) in [6.07, 6.45) is 9.46. The van der Waals surface area contributed by atoms with E-state index in [9.17, 15) is 0 Å². The van der Waals surface area contributed by atoms with E-state index in [0.29, 0.717) is 5.41 Å². The first kappa shape index (κ1) is 11.4. The van der Waals surface area contributed by atoms with Crippen LogP contribution in [0, 0.1) is 17.8 Å². The van der Waals surface area contributed by atoms with Gasteiger partial charge in [-0.25, -0.2) is 0 Å². The van der Waals surface area contributed by atoms with E-state index in [1.807, 2.05) is 0 Å². The van der Waals surface area contributed by atoms with Crippen LogP contribution in [0.2, 0.25) is 0 Å². The Morgan fingerprint density at radius 3 is 2.40 bits per heavy atom. The van der Waals surface area contributed by atoms with Crippen LogP contribution in [-0.2, 0) is 0 Å². The number of hydrogen-bond acceptors (Lipinski definition) is 1. The maximum Gasteiger partial charge on any atom is 0.0101 e. The van der Waals surface area contributed by atoms with Gasteiger partial charge in [-0.3, -0.25) is 0 Å². The minimum Gasteiger partial charge on any atom is -0.300 e. The largest absolute Gasteiger partial charge is 0.300 e. The lowest BCUT2D eigenvalue weighted by atomic mass is 9.74. The number of likely N-dealkylation sites (tertiary alicyclic amines) is 1. The molecule has 0 aromatic carbocycles. The fourth-order valence-electron chi connectivity index (χ4n) is 3.16. The highest BCUT2D eigenvalue weighted by molar-refractivity contribution is 4.95. The van der Waals surface area contributed by atoms with Crippen LogP contribution < -0.4 is 0 Å². The molecule has 87 valence electrons. The number of hydrogen-bond donors (Lipinski definition) is 0. The van der Waals surface area contributed by atoms with E-state index in [0.717, 1.165) is 12.0 Å². The first-order valence-corrected chi connectivity index (χ1v) is 6.65. The fourth-order valence-corrected chi connectivity index (χ4v) is 3.16. The third kappa shape index (κ3) is 2.96. The van der Waals surface area contributed by atoms with E-state index in [-0.39, 0.29) is 0 Å². The van der Waals surface area contributed by atoms with Crippen molar-refractivity contribution in [3.63, 3.8) is 0 Å². The summed E-state index contributed by atoms with van der Waals surface area (Å²) >= 11 is 0. The summed E-state index contributed by atoms with van der Waals surface area (Å²) in [5.74, 6) is 0.962. The molecule has 1 heterocycles. The summed E-state index contributed by atoms with van der Waals surface area (Å²) in [6.45, 7) is 9.89. The Balaban J connectivity index is 1.88. The summed E-state index contributed by atoms with van der Waals surface area (Å²) < 4.78 is 0. The predicted octanol–water partition coefficient (Wildman–Crippen LogP) is 3.50. The summed E-state index contributed by atoms with van der Waals surface area (Å²) in [4.78, 5) is 2.76. The van der Waals surface area contributed by atoms with Crippen LogP contribution in [0.1, 0.15) is 52.9 Å². The van der Waals surface area contributed by atoms with Crippen molar-refractivity contribution in [2.45, 2.75) is 58.9 Å². The highest BCUT2D eigenvalue weighted by Gasteiger charge is 2.32. The van der Waals surface area contributed by atoms with E-state index in [1.54, 1.807) is 0 Å². The zero-order valence-electron chi connectivity index (χ0n) is 10.6. The molecule has 2 fully saturated rings. The van der Waals surface area contributed by atoms with Gasteiger partial charge in [0.2, 0.25) is 0 Å². The molecule has 0 aromatic rings. The monoisotopic (exact) mass is 208 g/mol. The van der Waals surface area contributed by atoms with Gasteiger partial charge in [-0.15, -0.1) is 0 Å². The lowest BCUT2D eigenvalue weighted by Gasteiger charge is -2.43. The molecule has 1 heteroatoms. The number of nitrogens with zero attached hydrogens (tertiary/aromatic N) is 1. The van der Waals surface area contributed by atoms with Crippen molar-refractivity contribution in [2.24, 2.45) is 11.3 Å². The van der Waals surface area contributed by atoms with Gasteiger partial charge in [0.15, 0.2) is 0 Å². The number of piperidine rings is 1. The van der Waals surface area contributed by atoms with Crippen molar-refractivity contribution in [2.75, 3.05) is 13.1 Å². The molecule has 0 N–H and O–H groups in total. The van der Waals surface area contributed by atoms with Crippen molar-refractivity contribution in [3.8, 4) is 0 Å². The van der Waals surface area contributed by atoms with E-state index >= 15 is 0 Å². The molecule has 0 spiro atoms. The van der Waals surface area contributed by atoms with Crippen molar-refractivity contribution < 1.29 is 0 Å². The van der Waals surface area contributed by atoms with Gasteiger partial charge >= 0.3 is 0 Å². The average molecular weight is 208 g/mol. The fraction of sp³-hybridized carbons (Fsp3) is 0.929. The standard InChI is InChI=1S/C14H26N/c1-12-6-9-15(10-7-12)13-5-4-8-14(2,3)11-13/h8,12-13H,4-7,9-11H2,1-3H3. The lowest BCUT2D eigenvalue weighted by molar-refractivity contribution is 0.0880. The molecule has 1 saturated heterocycles. The van der Waals surface area contributed by atoms with Crippen LogP contribution in [0.15, 0.2) is 0 Å². The van der Waals surface area contributed by atoms with Crippen molar-refractivity contribution in [1.82, 2.24) is 4.90 Å². The molecule has 1 nitrogen and oxygen atoms in total. The second-order valence-corrected chi connectivity index (χ2v) is 6.35. The van der Waals surface area contributed by atoms with Crippen molar-refractivity contribution in [3.05, 3.63) is 6.42 Å². The Labute approximate surface area is 95.2 Å². The molecule has 1 unspecified atom stereocenters. The highest BCUT2D eigenvalue weighted by atomic mass is 15.2. The Morgan fingerprint density at radius 1 is 1.13 bits per heavy atom. The zero-order valence-corrected chi connectivity index (χ0v) is 10.6. The van der Waals surface area contributed by atoms with Crippen LogP contribution in [0.3, 0.4) is 0 Å².